The van der Waals surface area contributed by atoms with Crippen molar-refractivity contribution < 1.29 is 32.1 Å². The molecule has 3 N–H and O–H groups in total. The maximum Gasteiger partial charge on any atom is 0.489 e. The van der Waals surface area contributed by atoms with Crippen molar-refractivity contribution in [3.8, 4) is 11.3 Å². The van der Waals surface area contributed by atoms with E-state index in [2.05, 4.69) is 5.32 Å². The molecular weight excluding hydrogens is 546 g/mol. The van der Waals surface area contributed by atoms with Crippen molar-refractivity contribution >= 4 is 56.8 Å². The number of hydrogen-bond donors (Lipinski definition) is 3. The van der Waals surface area contributed by atoms with Gasteiger partial charge in [-0.05, 0) is 66.3 Å². The highest BCUT2D eigenvalue weighted by Crippen LogP contribution is 2.48. The first-order chi connectivity index (χ1) is 18.5. The van der Waals surface area contributed by atoms with Crippen LogP contribution in [0.1, 0.15) is 40.2 Å². The minimum atomic E-state index is -3.80. The number of fused-ring (bicyclic) bond motifs is 1. The van der Waals surface area contributed by atoms with Crippen LogP contribution >= 0.6 is 11.6 Å². The van der Waals surface area contributed by atoms with Crippen molar-refractivity contribution in [3.63, 3.8) is 0 Å². The van der Waals surface area contributed by atoms with E-state index in [9.17, 15) is 27.7 Å². The number of sulfonamides is 1. The number of hydrogen-bond acceptors (Lipinski definition) is 6. The Kier molecular flexibility index (Phi) is 7.19. The van der Waals surface area contributed by atoms with Gasteiger partial charge in [-0.3, -0.25) is 9.10 Å². The zero-order valence-electron chi connectivity index (χ0n) is 21.1. The van der Waals surface area contributed by atoms with Crippen molar-refractivity contribution in [2.24, 2.45) is 0 Å². The van der Waals surface area contributed by atoms with E-state index in [1.54, 1.807) is 18.2 Å². The monoisotopic (exact) mass is 570 g/mol. The number of rotatable bonds is 8. The first kappa shape index (κ1) is 27.2. The van der Waals surface area contributed by atoms with E-state index in [4.69, 9.17) is 16.0 Å². The first-order valence-corrected chi connectivity index (χ1v) is 14.4. The van der Waals surface area contributed by atoms with Gasteiger partial charge >= 0.3 is 7.12 Å². The molecule has 1 aliphatic carbocycles. The molecule has 3 aromatic carbocycles. The fourth-order valence-electron chi connectivity index (χ4n) is 4.67. The lowest BCUT2D eigenvalue weighted by atomic mass is 9.80. The molecule has 39 heavy (non-hydrogen) atoms. The van der Waals surface area contributed by atoms with Crippen LogP contribution in [-0.4, -0.2) is 44.8 Å². The zero-order chi connectivity index (χ0) is 28.1. The van der Waals surface area contributed by atoms with Crippen molar-refractivity contribution in [2.45, 2.75) is 25.3 Å². The molecule has 0 radical (unpaired) electrons. The van der Waals surface area contributed by atoms with Gasteiger partial charge in [0.15, 0.2) is 0 Å². The molecule has 4 aromatic rings. The molecular formula is C27H25BClFN2O6S. The number of benzene rings is 3. The minimum absolute atomic E-state index is 0.0700. The van der Waals surface area contributed by atoms with E-state index in [0.29, 0.717) is 27.8 Å². The van der Waals surface area contributed by atoms with Gasteiger partial charge in [0.25, 0.3) is 5.91 Å². The SMILES string of the molecule is CNC(=O)c1c(-c2ccc(F)cc2)oc2cc(N(Cc3ccc(B(O)O)c(Cl)c3)S(C)(=O)=O)c(C3CC3)cc12. The van der Waals surface area contributed by atoms with Gasteiger partial charge in [0.05, 0.1) is 24.1 Å². The molecule has 1 fully saturated rings. The molecule has 1 aliphatic rings. The van der Waals surface area contributed by atoms with Crippen molar-refractivity contribution in [1.82, 2.24) is 5.32 Å². The lowest BCUT2D eigenvalue weighted by molar-refractivity contribution is 0.0964. The Labute approximate surface area is 230 Å². The summed E-state index contributed by atoms with van der Waals surface area (Å²) in [6.45, 7) is -0.0700. The number of amides is 1. The van der Waals surface area contributed by atoms with Crippen LogP contribution in [-0.2, 0) is 16.6 Å². The Morgan fingerprint density at radius 2 is 1.85 bits per heavy atom. The van der Waals surface area contributed by atoms with Gasteiger partial charge in [-0.2, -0.15) is 0 Å². The standard InChI is InChI=1S/C27H25BClFN2O6S/c1-31-27(33)25-20-12-19(16-4-5-16)23(13-24(20)38-26(25)17-6-8-18(30)9-7-17)32(39(2,36)37)14-15-3-10-21(28(34)35)22(29)11-15/h3,6-13,16,34-35H,4-5,14H2,1-2H3,(H,31,33). The fourth-order valence-corrected chi connectivity index (χ4v) is 5.87. The van der Waals surface area contributed by atoms with Gasteiger partial charge in [-0.25, -0.2) is 12.8 Å². The van der Waals surface area contributed by atoms with Crippen molar-refractivity contribution in [1.29, 1.82) is 0 Å². The molecule has 0 bridgehead atoms. The molecule has 12 heteroatoms. The average Bonchev–Trinajstić information content (AvgIpc) is 3.66. The van der Waals surface area contributed by atoms with E-state index in [1.165, 1.54) is 47.8 Å². The summed E-state index contributed by atoms with van der Waals surface area (Å²) in [5.74, 6) is -0.464. The van der Waals surface area contributed by atoms with Crippen LogP contribution in [0.2, 0.25) is 5.02 Å². The van der Waals surface area contributed by atoms with Gasteiger partial charge in [0.1, 0.15) is 17.2 Å². The summed E-state index contributed by atoms with van der Waals surface area (Å²) in [4.78, 5) is 13.0. The van der Waals surface area contributed by atoms with Gasteiger partial charge in [-0.15, -0.1) is 0 Å². The van der Waals surface area contributed by atoms with Gasteiger partial charge in [0.2, 0.25) is 10.0 Å². The maximum absolute atomic E-state index is 13.6. The molecule has 5 rings (SSSR count). The molecule has 0 aliphatic heterocycles. The van der Waals surface area contributed by atoms with Gasteiger partial charge < -0.3 is 19.8 Å². The quantitative estimate of drug-likeness (QED) is 0.278. The number of halogens is 2. The van der Waals surface area contributed by atoms with Crippen LogP contribution in [0, 0.1) is 5.82 Å². The third-order valence-corrected chi connectivity index (χ3v) is 8.21. The predicted octanol–water partition coefficient (Wildman–Crippen LogP) is 3.78. The topological polar surface area (TPSA) is 120 Å². The summed E-state index contributed by atoms with van der Waals surface area (Å²) >= 11 is 6.21. The molecule has 1 heterocycles. The third kappa shape index (κ3) is 5.40. The fraction of sp³-hybridized carbons (Fsp3) is 0.222. The summed E-state index contributed by atoms with van der Waals surface area (Å²) in [7, 11) is -4.06. The normalized spacial score (nSPS) is 13.5. The third-order valence-electron chi connectivity index (χ3n) is 6.75. The Balaban J connectivity index is 1.69. The number of carbonyl (C=O) groups excluding carboxylic acids is 1. The zero-order valence-corrected chi connectivity index (χ0v) is 22.7. The summed E-state index contributed by atoms with van der Waals surface area (Å²) < 4.78 is 47.2. The van der Waals surface area contributed by atoms with Crippen LogP contribution in [0.3, 0.4) is 0 Å². The van der Waals surface area contributed by atoms with Crippen molar-refractivity contribution in [2.75, 3.05) is 17.6 Å². The molecule has 1 amide bonds. The van der Waals surface area contributed by atoms with Gasteiger partial charge in [-0.1, -0.05) is 23.7 Å². The molecule has 0 atom stereocenters. The maximum atomic E-state index is 13.6. The molecule has 0 saturated heterocycles. The summed E-state index contributed by atoms with van der Waals surface area (Å²) in [5, 5.41) is 22.2. The lowest BCUT2D eigenvalue weighted by Gasteiger charge is -2.25. The smallest absolute Gasteiger partial charge is 0.455 e. The van der Waals surface area contributed by atoms with E-state index >= 15 is 0 Å². The second-order valence-corrected chi connectivity index (χ2v) is 11.9. The van der Waals surface area contributed by atoms with Gasteiger partial charge in [0, 0.05) is 34.5 Å². The minimum Gasteiger partial charge on any atom is -0.455 e. The number of carbonyl (C=O) groups is 1. The Bertz CT molecular complexity index is 1690. The van der Waals surface area contributed by atoms with E-state index in [1.807, 2.05) is 0 Å². The molecule has 1 aromatic heterocycles. The Hall–Kier alpha value is -3.38. The summed E-state index contributed by atoms with van der Waals surface area (Å²) in [6, 6.07) is 13.5. The number of anilines is 1. The van der Waals surface area contributed by atoms with Crippen LogP contribution < -0.4 is 15.1 Å². The van der Waals surface area contributed by atoms with E-state index in [0.717, 1.165) is 24.7 Å². The summed E-state index contributed by atoms with van der Waals surface area (Å²) in [5.41, 5.74) is 2.91. The van der Waals surface area contributed by atoms with Crippen LogP contribution in [0.4, 0.5) is 10.1 Å². The van der Waals surface area contributed by atoms with Crippen LogP contribution in [0.25, 0.3) is 22.3 Å². The highest BCUT2D eigenvalue weighted by molar-refractivity contribution is 7.92. The van der Waals surface area contributed by atoms with Crippen molar-refractivity contribution in [3.05, 3.63) is 82.1 Å². The second-order valence-electron chi connectivity index (χ2n) is 9.57. The average molecular weight is 571 g/mol. The number of furan rings is 1. The largest absolute Gasteiger partial charge is 0.489 e. The number of nitrogens with one attached hydrogen (secondary N) is 1. The second kappa shape index (κ2) is 10.3. The molecule has 8 nitrogen and oxygen atoms in total. The van der Waals surface area contributed by atoms with E-state index in [-0.39, 0.29) is 40.2 Å². The lowest BCUT2D eigenvalue weighted by Crippen LogP contribution is -2.32. The van der Waals surface area contributed by atoms with Crippen LogP contribution in [0.5, 0.6) is 0 Å². The Morgan fingerprint density at radius 3 is 2.41 bits per heavy atom. The highest BCUT2D eigenvalue weighted by atomic mass is 35.5. The summed E-state index contributed by atoms with van der Waals surface area (Å²) in [6.07, 6.45) is 2.83. The molecule has 202 valence electrons. The first-order valence-electron chi connectivity index (χ1n) is 12.2. The van der Waals surface area contributed by atoms with E-state index < -0.39 is 23.0 Å². The molecule has 1 saturated carbocycles. The highest BCUT2D eigenvalue weighted by Gasteiger charge is 2.33. The predicted molar refractivity (Wildman–Crippen MR) is 149 cm³/mol. The Morgan fingerprint density at radius 1 is 1.15 bits per heavy atom. The molecule has 0 spiro atoms. The number of nitrogens with zero attached hydrogens (tertiary/aromatic N) is 1. The molecule has 0 unspecified atom stereocenters. The van der Waals surface area contributed by atoms with Crippen LogP contribution in [0.15, 0.2) is 59.0 Å².